The fourth-order valence-corrected chi connectivity index (χ4v) is 3.67. The monoisotopic (exact) mass is 259 g/mol. The summed E-state index contributed by atoms with van der Waals surface area (Å²) in [5, 5.41) is 0. The number of carbonyl (C=O) groups is 1. The van der Waals surface area contributed by atoms with Gasteiger partial charge < -0.3 is 4.74 Å². The predicted octanol–water partition coefficient (Wildman–Crippen LogP) is 2.78. The van der Waals surface area contributed by atoms with E-state index in [1.165, 1.54) is 12.0 Å². The first-order chi connectivity index (χ1) is 9.31. The SMILES string of the molecule is CCOC(=O)[C@H]1C[C@@H](c2ccccc2)N2CCC[C@H]12. The molecule has 0 bridgehead atoms. The van der Waals surface area contributed by atoms with Crippen molar-refractivity contribution in [1.29, 1.82) is 0 Å². The molecule has 0 spiro atoms. The maximum absolute atomic E-state index is 12.1. The van der Waals surface area contributed by atoms with E-state index >= 15 is 0 Å². The van der Waals surface area contributed by atoms with Crippen molar-refractivity contribution in [1.82, 2.24) is 4.90 Å². The van der Waals surface area contributed by atoms with Crippen LogP contribution in [-0.2, 0) is 9.53 Å². The van der Waals surface area contributed by atoms with Gasteiger partial charge in [-0.2, -0.15) is 0 Å². The van der Waals surface area contributed by atoms with Gasteiger partial charge in [0.05, 0.1) is 12.5 Å². The maximum atomic E-state index is 12.1. The summed E-state index contributed by atoms with van der Waals surface area (Å²) in [6.07, 6.45) is 3.24. The summed E-state index contributed by atoms with van der Waals surface area (Å²) in [5.41, 5.74) is 1.33. The highest BCUT2D eigenvalue weighted by atomic mass is 16.5. The molecule has 3 nitrogen and oxygen atoms in total. The van der Waals surface area contributed by atoms with Crippen molar-refractivity contribution in [3.63, 3.8) is 0 Å². The molecule has 2 saturated heterocycles. The van der Waals surface area contributed by atoms with Crippen LogP contribution in [0.4, 0.5) is 0 Å². The normalized spacial score (nSPS) is 30.3. The number of ether oxygens (including phenoxy) is 1. The highest BCUT2D eigenvalue weighted by Crippen LogP contribution is 2.45. The number of fused-ring (bicyclic) bond motifs is 1. The Morgan fingerprint density at radius 1 is 1.37 bits per heavy atom. The van der Waals surface area contributed by atoms with Crippen LogP contribution in [0.3, 0.4) is 0 Å². The quantitative estimate of drug-likeness (QED) is 0.782. The number of hydrogen-bond acceptors (Lipinski definition) is 3. The summed E-state index contributed by atoms with van der Waals surface area (Å²) in [6, 6.07) is 11.3. The number of esters is 1. The van der Waals surface area contributed by atoms with Gasteiger partial charge in [-0.05, 0) is 38.3 Å². The first kappa shape index (κ1) is 12.7. The molecule has 0 saturated carbocycles. The first-order valence-electron chi connectivity index (χ1n) is 7.28. The van der Waals surface area contributed by atoms with E-state index in [4.69, 9.17) is 4.74 Å². The largest absolute Gasteiger partial charge is 0.466 e. The molecule has 3 atom stereocenters. The van der Waals surface area contributed by atoms with Gasteiger partial charge in [-0.3, -0.25) is 9.69 Å². The third-order valence-corrected chi connectivity index (χ3v) is 4.46. The molecule has 0 N–H and O–H groups in total. The van der Waals surface area contributed by atoms with Crippen molar-refractivity contribution in [2.75, 3.05) is 13.2 Å². The Bertz CT molecular complexity index is 445. The zero-order valence-electron chi connectivity index (χ0n) is 11.4. The van der Waals surface area contributed by atoms with Crippen LogP contribution in [0.2, 0.25) is 0 Å². The molecule has 0 amide bonds. The van der Waals surface area contributed by atoms with Crippen molar-refractivity contribution < 1.29 is 9.53 Å². The molecular weight excluding hydrogens is 238 g/mol. The van der Waals surface area contributed by atoms with Gasteiger partial charge in [0.1, 0.15) is 0 Å². The summed E-state index contributed by atoms with van der Waals surface area (Å²) >= 11 is 0. The fraction of sp³-hybridized carbons (Fsp3) is 0.562. The van der Waals surface area contributed by atoms with Gasteiger partial charge in [-0.1, -0.05) is 30.3 Å². The molecular formula is C16H21NO2. The second-order valence-corrected chi connectivity index (χ2v) is 5.47. The molecule has 2 fully saturated rings. The Balaban J connectivity index is 1.82. The van der Waals surface area contributed by atoms with Gasteiger partial charge in [0, 0.05) is 12.1 Å². The number of hydrogen-bond donors (Lipinski definition) is 0. The van der Waals surface area contributed by atoms with Crippen LogP contribution >= 0.6 is 0 Å². The van der Waals surface area contributed by atoms with E-state index in [0.717, 1.165) is 19.4 Å². The summed E-state index contributed by atoms with van der Waals surface area (Å²) in [7, 11) is 0. The molecule has 0 unspecified atom stereocenters. The van der Waals surface area contributed by atoms with Gasteiger partial charge in [0.25, 0.3) is 0 Å². The van der Waals surface area contributed by atoms with Crippen molar-refractivity contribution in [2.45, 2.75) is 38.3 Å². The zero-order valence-corrected chi connectivity index (χ0v) is 11.4. The second-order valence-electron chi connectivity index (χ2n) is 5.47. The summed E-state index contributed by atoms with van der Waals surface area (Å²) in [5.74, 6) is 0.0606. The molecule has 1 aromatic rings. The Morgan fingerprint density at radius 2 is 2.16 bits per heavy atom. The molecule has 2 heterocycles. The van der Waals surface area contributed by atoms with Crippen LogP contribution in [0.5, 0.6) is 0 Å². The highest BCUT2D eigenvalue weighted by molar-refractivity contribution is 5.74. The molecule has 3 heteroatoms. The van der Waals surface area contributed by atoms with Crippen LogP contribution in [0.15, 0.2) is 30.3 Å². The summed E-state index contributed by atoms with van der Waals surface area (Å²) in [6.45, 7) is 3.48. The van der Waals surface area contributed by atoms with Gasteiger partial charge in [0.2, 0.25) is 0 Å². The third kappa shape index (κ3) is 2.27. The molecule has 1 aromatic carbocycles. The molecule has 2 aliphatic heterocycles. The van der Waals surface area contributed by atoms with Crippen molar-refractivity contribution in [2.24, 2.45) is 5.92 Å². The average molecular weight is 259 g/mol. The first-order valence-corrected chi connectivity index (χ1v) is 7.28. The molecule has 2 aliphatic rings. The molecule has 102 valence electrons. The van der Waals surface area contributed by atoms with Gasteiger partial charge in [-0.25, -0.2) is 0 Å². The minimum atomic E-state index is -0.00201. The zero-order chi connectivity index (χ0) is 13.2. The van der Waals surface area contributed by atoms with Crippen LogP contribution in [-0.4, -0.2) is 30.1 Å². The minimum absolute atomic E-state index is 0.00201. The molecule has 0 radical (unpaired) electrons. The molecule has 3 rings (SSSR count). The fourth-order valence-electron chi connectivity index (χ4n) is 3.67. The van der Waals surface area contributed by atoms with Crippen molar-refractivity contribution >= 4 is 5.97 Å². The third-order valence-electron chi connectivity index (χ3n) is 4.46. The number of rotatable bonds is 3. The number of carbonyl (C=O) groups excluding carboxylic acids is 1. The lowest BCUT2D eigenvalue weighted by Gasteiger charge is -2.24. The lowest BCUT2D eigenvalue weighted by Crippen LogP contribution is -2.31. The lowest BCUT2D eigenvalue weighted by molar-refractivity contribution is -0.148. The van der Waals surface area contributed by atoms with E-state index in [1.54, 1.807) is 0 Å². The average Bonchev–Trinajstić information content (AvgIpc) is 3.01. The van der Waals surface area contributed by atoms with E-state index in [0.29, 0.717) is 18.7 Å². The van der Waals surface area contributed by atoms with E-state index < -0.39 is 0 Å². The van der Waals surface area contributed by atoms with Gasteiger partial charge in [0.15, 0.2) is 0 Å². The van der Waals surface area contributed by atoms with E-state index in [9.17, 15) is 4.79 Å². The summed E-state index contributed by atoms with van der Waals surface area (Å²) < 4.78 is 5.25. The van der Waals surface area contributed by atoms with Gasteiger partial charge in [-0.15, -0.1) is 0 Å². The highest BCUT2D eigenvalue weighted by Gasteiger charge is 2.47. The van der Waals surface area contributed by atoms with E-state index in [2.05, 4.69) is 29.2 Å². The van der Waals surface area contributed by atoms with Crippen molar-refractivity contribution in [3.8, 4) is 0 Å². The predicted molar refractivity (Wildman–Crippen MR) is 73.7 cm³/mol. The Labute approximate surface area is 114 Å². The number of nitrogens with zero attached hydrogens (tertiary/aromatic N) is 1. The molecule has 0 aromatic heterocycles. The van der Waals surface area contributed by atoms with Crippen LogP contribution in [0.1, 0.15) is 37.8 Å². The van der Waals surface area contributed by atoms with Crippen LogP contribution in [0, 0.1) is 5.92 Å². The standard InChI is InChI=1S/C16H21NO2/c1-2-19-16(18)13-11-15(12-7-4-3-5-8-12)17-10-6-9-14(13)17/h3-5,7-8,13-15H,2,6,9-11H2,1H3/t13-,14+,15-/m0/s1. The van der Waals surface area contributed by atoms with E-state index in [-0.39, 0.29) is 11.9 Å². The minimum Gasteiger partial charge on any atom is -0.466 e. The van der Waals surface area contributed by atoms with E-state index in [1.807, 2.05) is 13.0 Å². The Morgan fingerprint density at radius 3 is 2.89 bits per heavy atom. The van der Waals surface area contributed by atoms with Gasteiger partial charge >= 0.3 is 5.97 Å². The Kier molecular flexibility index (Phi) is 3.56. The topological polar surface area (TPSA) is 29.5 Å². The molecule has 19 heavy (non-hydrogen) atoms. The second kappa shape index (κ2) is 5.33. The smallest absolute Gasteiger partial charge is 0.310 e. The maximum Gasteiger partial charge on any atom is 0.310 e. The number of benzene rings is 1. The van der Waals surface area contributed by atoms with Crippen LogP contribution < -0.4 is 0 Å². The lowest BCUT2D eigenvalue weighted by atomic mass is 9.94. The summed E-state index contributed by atoms with van der Waals surface area (Å²) in [4.78, 5) is 14.6. The molecule has 0 aliphatic carbocycles. The van der Waals surface area contributed by atoms with Crippen LogP contribution in [0.25, 0.3) is 0 Å². The van der Waals surface area contributed by atoms with Crippen molar-refractivity contribution in [3.05, 3.63) is 35.9 Å². The Hall–Kier alpha value is -1.35.